The Hall–Kier alpha value is -1.88. The minimum atomic E-state index is -0.491. The van der Waals surface area contributed by atoms with Gasteiger partial charge in [0.25, 0.3) is 0 Å². The Bertz CT molecular complexity index is 586. The molecule has 1 saturated heterocycles. The summed E-state index contributed by atoms with van der Waals surface area (Å²) < 4.78 is 0. The first-order valence-corrected chi connectivity index (χ1v) is 7.17. The van der Waals surface area contributed by atoms with E-state index in [1.54, 1.807) is 38.1 Å². The highest BCUT2D eigenvalue weighted by molar-refractivity contribution is 6.64. The van der Waals surface area contributed by atoms with Gasteiger partial charge in [-0.05, 0) is 29.8 Å². The molecule has 1 aromatic rings. The molecule has 0 radical (unpaired) electrons. The molecule has 1 aliphatic heterocycles. The Morgan fingerprint density at radius 3 is 2.67 bits per heavy atom. The molecule has 2 rings (SSSR count). The molecule has 0 spiro atoms. The fraction of sp³-hybridized carbons (Fsp3) is 0.400. The number of nitrogens with one attached hydrogen (secondary N) is 1. The SMILES string of the molecule is CC(C)C(=O)Nc1cccc(N2CC(C(=O)Cl)CC2=O)c1. The number of amides is 2. The molecule has 1 atom stereocenters. The van der Waals surface area contributed by atoms with Crippen molar-refractivity contribution in [1.29, 1.82) is 0 Å². The largest absolute Gasteiger partial charge is 0.326 e. The van der Waals surface area contributed by atoms with Gasteiger partial charge in [0.05, 0.1) is 5.92 Å². The average Bonchev–Trinajstić information content (AvgIpc) is 2.81. The third kappa shape index (κ3) is 3.61. The Labute approximate surface area is 128 Å². The molecule has 1 heterocycles. The molecule has 5 nitrogen and oxygen atoms in total. The van der Waals surface area contributed by atoms with Gasteiger partial charge >= 0.3 is 0 Å². The lowest BCUT2D eigenvalue weighted by atomic mass is 10.1. The van der Waals surface area contributed by atoms with Gasteiger partial charge < -0.3 is 10.2 Å². The van der Waals surface area contributed by atoms with E-state index in [0.29, 0.717) is 11.4 Å². The number of carbonyl (C=O) groups excluding carboxylic acids is 3. The van der Waals surface area contributed by atoms with E-state index >= 15 is 0 Å². The van der Waals surface area contributed by atoms with Gasteiger partial charge in [-0.2, -0.15) is 0 Å². The predicted octanol–water partition coefficient (Wildman–Crippen LogP) is 2.40. The van der Waals surface area contributed by atoms with E-state index in [4.69, 9.17) is 11.6 Å². The second-order valence-corrected chi connectivity index (χ2v) is 5.78. The summed E-state index contributed by atoms with van der Waals surface area (Å²) in [4.78, 5) is 36.4. The van der Waals surface area contributed by atoms with Crippen molar-refractivity contribution in [3.05, 3.63) is 24.3 Å². The van der Waals surface area contributed by atoms with E-state index in [1.807, 2.05) is 0 Å². The van der Waals surface area contributed by atoms with Gasteiger partial charge in [-0.25, -0.2) is 0 Å². The molecule has 1 fully saturated rings. The Morgan fingerprint density at radius 2 is 2.10 bits per heavy atom. The standard InChI is InChI=1S/C15H17ClN2O3/c1-9(2)15(21)17-11-4-3-5-12(7-11)18-8-10(14(16)20)6-13(18)19/h3-5,7,9-10H,6,8H2,1-2H3,(H,17,21). The summed E-state index contributed by atoms with van der Waals surface area (Å²) in [6, 6.07) is 7.01. The number of nitrogens with zero attached hydrogens (tertiary/aromatic N) is 1. The zero-order chi connectivity index (χ0) is 15.6. The molecule has 2 amide bonds. The van der Waals surface area contributed by atoms with Crippen LogP contribution in [0.5, 0.6) is 0 Å². The van der Waals surface area contributed by atoms with Gasteiger partial charge in [0, 0.05) is 30.3 Å². The number of hydrogen-bond acceptors (Lipinski definition) is 3. The van der Waals surface area contributed by atoms with Crippen LogP contribution in [0.2, 0.25) is 0 Å². The maximum absolute atomic E-state index is 12.0. The van der Waals surface area contributed by atoms with Gasteiger partial charge in [-0.15, -0.1) is 0 Å². The molecular formula is C15H17ClN2O3. The first-order valence-electron chi connectivity index (χ1n) is 6.79. The predicted molar refractivity (Wildman–Crippen MR) is 81.2 cm³/mol. The second-order valence-electron chi connectivity index (χ2n) is 5.40. The zero-order valence-electron chi connectivity index (χ0n) is 11.9. The van der Waals surface area contributed by atoms with Gasteiger partial charge in [-0.1, -0.05) is 19.9 Å². The minimum absolute atomic E-state index is 0.0892. The maximum atomic E-state index is 12.0. The number of halogens is 1. The Morgan fingerprint density at radius 1 is 1.38 bits per heavy atom. The van der Waals surface area contributed by atoms with Crippen molar-refractivity contribution in [2.75, 3.05) is 16.8 Å². The Balaban J connectivity index is 2.16. The van der Waals surface area contributed by atoms with Crippen molar-refractivity contribution in [3.8, 4) is 0 Å². The highest BCUT2D eigenvalue weighted by Crippen LogP contribution is 2.28. The number of carbonyl (C=O) groups is 3. The van der Waals surface area contributed by atoms with Crippen LogP contribution in [0.3, 0.4) is 0 Å². The van der Waals surface area contributed by atoms with Crippen LogP contribution in [0.25, 0.3) is 0 Å². The van der Waals surface area contributed by atoms with E-state index in [2.05, 4.69) is 5.32 Å². The van der Waals surface area contributed by atoms with E-state index in [1.165, 1.54) is 4.90 Å². The highest BCUT2D eigenvalue weighted by Gasteiger charge is 2.34. The highest BCUT2D eigenvalue weighted by atomic mass is 35.5. The molecule has 6 heteroatoms. The molecule has 0 aromatic heterocycles. The number of rotatable bonds is 4. The van der Waals surface area contributed by atoms with Gasteiger partial charge in [-0.3, -0.25) is 14.4 Å². The molecule has 21 heavy (non-hydrogen) atoms. The third-order valence-electron chi connectivity index (χ3n) is 3.40. The topological polar surface area (TPSA) is 66.5 Å². The van der Waals surface area contributed by atoms with Crippen molar-refractivity contribution in [3.63, 3.8) is 0 Å². The van der Waals surface area contributed by atoms with E-state index in [-0.39, 0.29) is 30.7 Å². The van der Waals surface area contributed by atoms with Gasteiger partial charge in [0.15, 0.2) is 0 Å². The summed E-state index contributed by atoms with van der Waals surface area (Å²) in [5.41, 5.74) is 1.28. The molecule has 0 saturated carbocycles. The fourth-order valence-electron chi connectivity index (χ4n) is 2.15. The Kier molecular flexibility index (Phi) is 4.63. The zero-order valence-corrected chi connectivity index (χ0v) is 12.7. The van der Waals surface area contributed by atoms with Crippen LogP contribution in [0.15, 0.2) is 24.3 Å². The fourth-order valence-corrected chi connectivity index (χ4v) is 2.29. The molecular weight excluding hydrogens is 292 g/mol. The summed E-state index contributed by atoms with van der Waals surface area (Å²) in [5.74, 6) is -0.816. The van der Waals surface area contributed by atoms with E-state index in [9.17, 15) is 14.4 Å². The molecule has 1 N–H and O–H groups in total. The lowest BCUT2D eigenvalue weighted by molar-refractivity contribution is -0.120. The van der Waals surface area contributed by atoms with E-state index in [0.717, 1.165) is 0 Å². The minimum Gasteiger partial charge on any atom is -0.326 e. The lowest BCUT2D eigenvalue weighted by Crippen LogP contribution is -2.25. The van der Waals surface area contributed by atoms with Crippen molar-refractivity contribution < 1.29 is 14.4 Å². The summed E-state index contributed by atoms with van der Waals surface area (Å²) in [6.07, 6.45) is 0.130. The summed E-state index contributed by atoms with van der Waals surface area (Å²) in [5, 5.41) is 2.29. The molecule has 0 bridgehead atoms. The molecule has 1 aliphatic rings. The van der Waals surface area contributed by atoms with Crippen LogP contribution in [0.1, 0.15) is 20.3 Å². The molecule has 1 aromatic carbocycles. The van der Waals surface area contributed by atoms with Crippen molar-refractivity contribution >= 4 is 40.0 Å². The lowest BCUT2D eigenvalue weighted by Gasteiger charge is -2.17. The second kappa shape index (κ2) is 6.26. The van der Waals surface area contributed by atoms with Crippen LogP contribution < -0.4 is 10.2 Å². The van der Waals surface area contributed by atoms with Crippen LogP contribution in [-0.2, 0) is 14.4 Å². The third-order valence-corrected chi connectivity index (χ3v) is 3.70. The summed E-state index contributed by atoms with van der Waals surface area (Å²) in [7, 11) is 0. The normalized spacial score (nSPS) is 18.2. The number of hydrogen-bond donors (Lipinski definition) is 1. The van der Waals surface area contributed by atoms with Gasteiger partial charge in [0.1, 0.15) is 0 Å². The quantitative estimate of drug-likeness (QED) is 0.869. The first kappa shape index (κ1) is 15.5. The monoisotopic (exact) mass is 308 g/mol. The average molecular weight is 309 g/mol. The van der Waals surface area contributed by atoms with Crippen molar-refractivity contribution in [2.45, 2.75) is 20.3 Å². The van der Waals surface area contributed by atoms with Crippen molar-refractivity contribution in [2.24, 2.45) is 11.8 Å². The first-order chi connectivity index (χ1) is 9.88. The summed E-state index contributed by atoms with van der Waals surface area (Å²) >= 11 is 5.46. The van der Waals surface area contributed by atoms with E-state index < -0.39 is 11.2 Å². The number of benzene rings is 1. The van der Waals surface area contributed by atoms with Crippen LogP contribution in [-0.4, -0.2) is 23.6 Å². The van der Waals surface area contributed by atoms with Crippen LogP contribution >= 0.6 is 11.6 Å². The molecule has 1 unspecified atom stereocenters. The van der Waals surface area contributed by atoms with Crippen LogP contribution in [0, 0.1) is 11.8 Å². The summed E-state index contributed by atoms with van der Waals surface area (Å²) in [6.45, 7) is 3.89. The number of anilines is 2. The van der Waals surface area contributed by atoms with Crippen LogP contribution in [0.4, 0.5) is 11.4 Å². The molecule has 0 aliphatic carbocycles. The molecule has 112 valence electrons. The van der Waals surface area contributed by atoms with Gasteiger partial charge in [0.2, 0.25) is 17.1 Å². The smallest absolute Gasteiger partial charge is 0.227 e. The maximum Gasteiger partial charge on any atom is 0.227 e. The van der Waals surface area contributed by atoms with Crippen molar-refractivity contribution in [1.82, 2.24) is 0 Å².